The molecule has 0 saturated heterocycles. The van der Waals surface area contributed by atoms with Crippen LogP contribution in [0.1, 0.15) is 24.3 Å². The number of nitrogens with one attached hydrogen (secondary N) is 1. The van der Waals surface area contributed by atoms with E-state index in [4.69, 9.17) is 9.79 Å². The van der Waals surface area contributed by atoms with Gasteiger partial charge in [-0.25, -0.2) is 9.97 Å². The van der Waals surface area contributed by atoms with Crippen LogP contribution >= 0.6 is 18.9 Å². The molecule has 0 amide bonds. The zero-order valence-corrected chi connectivity index (χ0v) is 14.4. The predicted octanol–water partition coefficient (Wildman–Crippen LogP) is 3.78. The van der Waals surface area contributed by atoms with Crippen LogP contribution in [0.2, 0.25) is 0 Å². The van der Waals surface area contributed by atoms with Gasteiger partial charge >= 0.3 is 7.60 Å². The predicted molar refractivity (Wildman–Crippen MR) is 95.4 cm³/mol. The van der Waals surface area contributed by atoms with E-state index in [1.807, 2.05) is 6.07 Å². The van der Waals surface area contributed by atoms with Gasteiger partial charge in [-0.3, -0.25) is 4.57 Å². The van der Waals surface area contributed by atoms with E-state index in [1.54, 1.807) is 11.3 Å². The molecule has 0 bridgehead atoms. The van der Waals surface area contributed by atoms with Crippen molar-refractivity contribution in [3.8, 4) is 10.4 Å². The average Bonchev–Trinajstić information content (AvgIpc) is 3.31. The molecular weight excluding hydrogens is 345 g/mol. The molecule has 24 heavy (non-hydrogen) atoms. The smallest absolute Gasteiger partial charge is 0.344 e. The highest BCUT2D eigenvalue weighted by Crippen LogP contribution is 2.41. The number of hydrogen-bond acceptors (Lipinski definition) is 5. The summed E-state index contributed by atoms with van der Waals surface area (Å²) in [7, 11) is -4.14. The van der Waals surface area contributed by atoms with Gasteiger partial charge in [0, 0.05) is 4.88 Å². The number of fused-ring (bicyclic) bond motifs is 1. The first-order valence-electron chi connectivity index (χ1n) is 7.63. The topological polar surface area (TPSA) is 95.3 Å². The van der Waals surface area contributed by atoms with Gasteiger partial charge in [-0.05, 0) is 36.0 Å². The van der Waals surface area contributed by atoms with Gasteiger partial charge in [0.2, 0.25) is 0 Å². The summed E-state index contributed by atoms with van der Waals surface area (Å²) in [5.74, 6) is 1.18. The van der Waals surface area contributed by atoms with Gasteiger partial charge < -0.3 is 15.1 Å². The van der Waals surface area contributed by atoms with Gasteiger partial charge in [-0.2, -0.15) is 0 Å². The van der Waals surface area contributed by atoms with Gasteiger partial charge in [-0.15, -0.1) is 11.3 Å². The number of nitrogens with zero attached hydrogens (tertiary/aromatic N) is 2. The Kier molecular flexibility index (Phi) is 3.89. The molecule has 0 aliphatic heterocycles. The molecule has 0 atom stereocenters. The molecule has 1 aromatic carbocycles. The molecular formula is C16H16N3O3PS. The van der Waals surface area contributed by atoms with E-state index in [0.717, 1.165) is 26.6 Å². The van der Waals surface area contributed by atoms with Crippen molar-refractivity contribution in [3.63, 3.8) is 0 Å². The maximum Gasteiger partial charge on any atom is 0.344 e. The molecule has 0 radical (unpaired) electrons. The van der Waals surface area contributed by atoms with Crippen LogP contribution in [-0.2, 0) is 4.57 Å². The van der Waals surface area contributed by atoms with E-state index in [-0.39, 0.29) is 0 Å². The third-order valence-electron chi connectivity index (χ3n) is 4.03. The highest BCUT2D eigenvalue weighted by molar-refractivity contribution is 7.51. The summed E-state index contributed by atoms with van der Waals surface area (Å²) in [6.07, 6.45) is 3.53. The monoisotopic (exact) mass is 361 g/mol. The number of anilines is 1. The van der Waals surface area contributed by atoms with Crippen LogP contribution < -0.4 is 5.32 Å². The van der Waals surface area contributed by atoms with Crippen LogP contribution in [-0.4, -0.2) is 26.0 Å². The normalized spacial score (nSPS) is 14.9. The first kappa shape index (κ1) is 15.7. The Morgan fingerprint density at radius 2 is 1.96 bits per heavy atom. The summed E-state index contributed by atoms with van der Waals surface area (Å²) >= 11 is 1.54. The first-order chi connectivity index (χ1) is 11.5. The Labute approximate surface area is 142 Å². The summed E-state index contributed by atoms with van der Waals surface area (Å²) in [6.45, 7) is 0. The van der Waals surface area contributed by atoms with Crippen molar-refractivity contribution >= 4 is 35.0 Å². The molecule has 4 rings (SSSR count). The van der Waals surface area contributed by atoms with Gasteiger partial charge in [0.05, 0.1) is 5.39 Å². The fourth-order valence-electron chi connectivity index (χ4n) is 2.65. The molecule has 0 unspecified atom stereocenters. The Morgan fingerprint density at radius 1 is 1.21 bits per heavy atom. The number of hydrogen-bond donors (Lipinski definition) is 3. The minimum atomic E-state index is -4.14. The lowest BCUT2D eigenvalue weighted by Gasteiger charge is -2.07. The lowest BCUT2D eigenvalue weighted by atomic mass is 10.1. The Balaban J connectivity index is 1.66. The molecule has 3 N–H and O–H groups in total. The second-order valence-electron chi connectivity index (χ2n) is 5.95. The van der Waals surface area contributed by atoms with Crippen molar-refractivity contribution < 1.29 is 14.4 Å². The second kappa shape index (κ2) is 5.93. The van der Waals surface area contributed by atoms with E-state index in [2.05, 4.69) is 39.6 Å². The van der Waals surface area contributed by atoms with Crippen LogP contribution in [0.25, 0.3) is 20.7 Å². The molecule has 0 spiro atoms. The summed E-state index contributed by atoms with van der Waals surface area (Å²) in [5.41, 5.74) is 2.51. The van der Waals surface area contributed by atoms with Crippen molar-refractivity contribution in [2.75, 3.05) is 11.6 Å². The second-order valence-corrected chi connectivity index (χ2v) is 8.62. The molecule has 2 heterocycles. The average molecular weight is 361 g/mol. The van der Waals surface area contributed by atoms with Crippen LogP contribution in [0.15, 0.2) is 36.7 Å². The van der Waals surface area contributed by atoms with Crippen molar-refractivity contribution in [1.29, 1.82) is 0 Å². The standard InChI is InChI=1S/C16H16N3O3PS/c20-23(21,22)9-19-15-13-7-14(24-16(13)18-8-17-15)12-5-3-11(4-6-12)10-1-2-10/h3-8,10H,1-2,9H2,(H,17,18,19)(H2,20,21,22). The lowest BCUT2D eigenvalue weighted by Crippen LogP contribution is -2.04. The highest BCUT2D eigenvalue weighted by atomic mass is 32.1. The van der Waals surface area contributed by atoms with Gasteiger partial charge in [0.1, 0.15) is 23.3 Å². The van der Waals surface area contributed by atoms with Crippen molar-refractivity contribution in [3.05, 3.63) is 42.2 Å². The molecule has 1 fully saturated rings. The maximum absolute atomic E-state index is 11.1. The van der Waals surface area contributed by atoms with Gasteiger partial charge in [0.25, 0.3) is 0 Å². The summed E-state index contributed by atoms with van der Waals surface area (Å²) in [5, 5.41) is 3.49. The van der Waals surface area contributed by atoms with E-state index in [0.29, 0.717) is 5.82 Å². The number of aromatic nitrogens is 2. The molecule has 124 valence electrons. The fraction of sp³-hybridized carbons (Fsp3) is 0.250. The van der Waals surface area contributed by atoms with Crippen LogP contribution in [0.4, 0.5) is 5.82 Å². The highest BCUT2D eigenvalue weighted by Gasteiger charge is 2.23. The summed E-state index contributed by atoms with van der Waals surface area (Å²) in [6, 6.07) is 10.6. The zero-order valence-electron chi connectivity index (χ0n) is 12.7. The van der Waals surface area contributed by atoms with E-state index >= 15 is 0 Å². The molecule has 3 aromatic rings. The van der Waals surface area contributed by atoms with Crippen molar-refractivity contribution in [1.82, 2.24) is 9.97 Å². The third kappa shape index (κ3) is 3.35. The van der Waals surface area contributed by atoms with Crippen LogP contribution in [0, 0.1) is 0 Å². The molecule has 2 aromatic heterocycles. The molecule has 1 saturated carbocycles. The first-order valence-corrected chi connectivity index (χ1v) is 10.2. The number of benzene rings is 1. The maximum atomic E-state index is 11.1. The van der Waals surface area contributed by atoms with Gasteiger partial charge in [0.15, 0.2) is 0 Å². The lowest BCUT2D eigenvalue weighted by molar-refractivity contribution is 0.375. The van der Waals surface area contributed by atoms with E-state index in [1.165, 1.54) is 24.7 Å². The summed E-state index contributed by atoms with van der Waals surface area (Å²) < 4.78 is 11.1. The van der Waals surface area contributed by atoms with Crippen molar-refractivity contribution in [2.24, 2.45) is 0 Å². The minimum absolute atomic E-state index is 0.444. The molecule has 1 aliphatic rings. The van der Waals surface area contributed by atoms with Gasteiger partial charge in [-0.1, -0.05) is 24.3 Å². The third-order valence-corrected chi connectivity index (χ3v) is 5.69. The molecule has 1 aliphatic carbocycles. The zero-order chi connectivity index (χ0) is 16.7. The number of thiophene rings is 1. The Morgan fingerprint density at radius 3 is 2.62 bits per heavy atom. The minimum Gasteiger partial charge on any atom is -0.358 e. The van der Waals surface area contributed by atoms with Crippen LogP contribution in [0.5, 0.6) is 0 Å². The Bertz CT molecular complexity index is 931. The summed E-state index contributed by atoms with van der Waals surface area (Å²) in [4.78, 5) is 28.3. The Hall–Kier alpha value is -1.79. The van der Waals surface area contributed by atoms with E-state index < -0.39 is 13.9 Å². The SMILES string of the molecule is O=P(O)(O)CNc1ncnc2sc(-c3ccc(C4CC4)cc3)cc12. The fourth-order valence-corrected chi connectivity index (χ4v) is 4.01. The molecule has 8 heteroatoms. The number of rotatable bonds is 5. The van der Waals surface area contributed by atoms with Crippen LogP contribution in [0.3, 0.4) is 0 Å². The van der Waals surface area contributed by atoms with E-state index in [9.17, 15) is 4.57 Å². The quantitative estimate of drug-likeness (QED) is 0.599. The largest absolute Gasteiger partial charge is 0.358 e. The van der Waals surface area contributed by atoms with Crippen molar-refractivity contribution in [2.45, 2.75) is 18.8 Å². The molecule has 6 nitrogen and oxygen atoms in total.